The number of nitrogens with one attached hydrogen (secondary N) is 2. The predicted molar refractivity (Wildman–Crippen MR) is 97.8 cm³/mol. The van der Waals surface area contributed by atoms with E-state index in [-0.39, 0.29) is 33.7 Å². The molecule has 0 spiro atoms. The number of urea groups is 1. The van der Waals surface area contributed by atoms with Crippen LogP contribution in [0.25, 0.3) is 10.1 Å². The van der Waals surface area contributed by atoms with E-state index >= 15 is 0 Å². The molecular weight excluding hydrogens is 370 g/mol. The third-order valence-corrected chi connectivity index (χ3v) is 5.24. The molecule has 0 bridgehead atoms. The first kappa shape index (κ1) is 16.9. The van der Waals surface area contributed by atoms with Gasteiger partial charge in [-0.2, -0.15) is 5.26 Å². The highest BCUT2D eigenvalue weighted by molar-refractivity contribution is 7.23. The Morgan fingerprint density at radius 2 is 2.15 bits per heavy atom. The highest BCUT2D eigenvalue weighted by Gasteiger charge is 2.32. The quantitative estimate of drug-likeness (QED) is 0.543. The summed E-state index contributed by atoms with van der Waals surface area (Å²) in [5, 5.41) is 28.5. The Bertz CT molecular complexity index is 1120. The Morgan fingerprint density at radius 3 is 2.81 bits per heavy atom. The number of nitriles is 1. The summed E-state index contributed by atoms with van der Waals surface area (Å²) in [6.07, 6.45) is 1.87. The molecule has 0 aliphatic heterocycles. The van der Waals surface area contributed by atoms with Crippen molar-refractivity contribution in [3.8, 4) is 11.8 Å². The number of carbonyl (C=O) groups is 2. The second-order valence-electron chi connectivity index (χ2n) is 6.09. The van der Waals surface area contributed by atoms with Gasteiger partial charge in [0, 0.05) is 16.0 Å². The number of aromatic hydroxyl groups is 1. The molecule has 10 heteroatoms. The zero-order valence-electron chi connectivity index (χ0n) is 13.8. The van der Waals surface area contributed by atoms with E-state index in [0.717, 1.165) is 24.2 Å². The van der Waals surface area contributed by atoms with Crippen LogP contribution in [0, 0.1) is 11.3 Å². The lowest BCUT2D eigenvalue weighted by Gasteiger charge is -2.05. The summed E-state index contributed by atoms with van der Waals surface area (Å²) in [6.45, 7) is 0. The Balaban J connectivity index is 1.61. The standard InChI is InChI=1S/C17H13N5O4S/c18-6-10-13(7-1-2-7)22-26-15(10)20-17(25)21-16-12(14(19)24)9-4-3-8(23)5-11(9)27-16/h3-5,7,23H,1-2H2,(H2,19,24)(H2,20,21,25). The second-order valence-corrected chi connectivity index (χ2v) is 7.14. The molecule has 9 nitrogen and oxygen atoms in total. The van der Waals surface area contributed by atoms with Gasteiger partial charge in [-0.15, -0.1) is 11.3 Å². The summed E-state index contributed by atoms with van der Waals surface area (Å²) >= 11 is 1.09. The van der Waals surface area contributed by atoms with Crippen molar-refractivity contribution in [3.05, 3.63) is 35.0 Å². The smallest absolute Gasteiger partial charge is 0.326 e. The summed E-state index contributed by atoms with van der Waals surface area (Å²) < 4.78 is 5.67. The monoisotopic (exact) mass is 383 g/mol. The molecular formula is C17H13N5O4S. The molecule has 136 valence electrons. The maximum absolute atomic E-state index is 12.3. The van der Waals surface area contributed by atoms with Gasteiger partial charge in [-0.1, -0.05) is 5.16 Å². The number of carbonyl (C=O) groups excluding carboxylic acids is 2. The molecule has 0 atom stereocenters. The fourth-order valence-corrected chi connectivity index (χ4v) is 3.92. The molecule has 3 amide bonds. The highest BCUT2D eigenvalue weighted by Crippen LogP contribution is 2.42. The number of nitrogens with two attached hydrogens (primary N) is 1. The van der Waals surface area contributed by atoms with Crippen molar-refractivity contribution in [2.75, 3.05) is 10.6 Å². The van der Waals surface area contributed by atoms with Gasteiger partial charge in [-0.3, -0.25) is 15.4 Å². The number of fused-ring (bicyclic) bond motifs is 1. The highest BCUT2D eigenvalue weighted by atomic mass is 32.1. The molecule has 5 N–H and O–H groups in total. The van der Waals surface area contributed by atoms with E-state index in [2.05, 4.69) is 15.8 Å². The van der Waals surface area contributed by atoms with Crippen molar-refractivity contribution in [1.29, 1.82) is 5.26 Å². The van der Waals surface area contributed by atoms with E-state index in [9.17, 15) is 20.0 Å². The number of benzene rings is 1. The van der Waals surface area contributed by atoms with E-state index in [1.54, 1.807) is 6.07 Å². The molecule has 4 rings (SSSR count). The fourth-order valence-electron chi connectivity index (χ4n) is 2.79. The second kappa shape index (κ2) is 6.30. The number of aromatic nitrogens is 1. The van der Waals surface area contributed by atoms with Crippen molar-refractivity contribution >= 4 is 44.2 Å². The largest absolute Gasteiger partial charge is 0.508 e. The van der Waals surface area contributed by atoms with Crippen molar-refractivity contribution in [1.82, 2.24) is 5.16 Å². The van der Waals surface area contributed by atoms with Crippen molar-refractivity contribution < 1.29 is 19.2 Å². The third-order valence-electron chi connectivity index (χ3n) is 4.17. The maximum atomic E-state index is 12.3. The molecule has 0 unspecified atom stereocenters. The minimum Gasteiger partial charge on any atom is -0.508 e. The summed E-state index contributed by atoms with van der Waals surface area (Å²) in [5.41, 5.74) is 6.33. The van der Waals surface area contributed by atoms with Crippen LogP contribution in [0.3, 0.4) is 0 Å². The number of phenols is 1. The number of hydrogen-bond donors (Lipinski definition) is 4. The fraction of sp³-hybridized carbons (Fsp3) is 0.176. The van der Waals surface area contributed by atoms with Gasteiger partial charge in [0.15, 0.2) is 0 Å². The number of amides is 3. The third kappa shape index (κ3) is 3.04. The Hall–Kier alpha value is -3.58. The first-order valence-electron chi connectivity index (χ1n) is 8.01. The van der Waals surface area contributed by atoms with Gasteiger partial charge in [-0.25, -0.2) is 4.79 Å². The van der Waals surface area contributed by atoms with Crippen molar-refractivity contribution in [2.45, 2.75) is 18.8 Å². The summed E-state index contributed by atoms with van der Waals surface area (Å²) in [7, 11) is 0. The van der Waals surface area contributed by atoms with E-state index in [1.807, 2.05) is 6.07 Å². The Kier molecular flexibility index (Phi) is 3.93. The van der Waals surface area contributed by atoms with Crippen LogP contribution < -0.4 is 16.4 Å². The average Bonchev–Trinajstić information content (AvgIpc) is 3.28. The lowest BCUT2D eigenvalue weighted by atomic mass is 10.1. The van der Waals surface area contributed by atoms with E-state index in [1.165, 1.54) is 12.1 Å². The van der Waals surface area contributed by atoms with Crippen LogP contribution in [0.1, 0.15) is 40.4 Å². The molecule has 3 aromatic rings. The molecule has 0 radical (unpaired) electrons. The van der Waals surface area contributed by atoms with Gasteiger partial charge >= 0.3 is 6.03 Å². The SMILES string of the molecule is N#Cc1c(C2CC2)noc1NC(=O)Nc1sc2cc(O)ccc2c1C(N)=O. The molecule has 1 aliphatic rings. The molecule has 1 saturated carbocycles. The van der Waals surface area contributed by atoms with Crippen LogP contribution in [0.4, 0.5) is 15.7 Å². The molecule has 0 saturated heterocycles. The minimum absolute atomic E-state index is 0.0312. The Morgan fingerprint density at radius 1 is 1.37 bits per heavy atom. The first-order valence-corrected chi connectivity index (χ1v) is 8.82. The first-order chi connectivity index (χ1) is 13.0. The number of nitrogens with zero attached hydrogens (tertiary/aromatic N) is 2. The Labute approximate surface area is 156 Å². The number of anilines is 2. The van der Waals surface area contributed by atoms with Gasteiger partial charge in [0.05, 0.1) is 5.56 Å². The van der Waals surface area contributed by atoms with Gasteiger partial charge < -0.3 is 15.4 Å². The minimum atomic E-state index is -0.712. The van der Waals surface area contributed by atoms with Crippen LogP contribution in [0.5, 0.6) is 5.75 Å². The van der Waals surface area contributed by atoms with E-state index in [0.29, 0.717) is 15.8 Å². The van der Waals surface area contributed by atoms with Crippen molar-refractivity contribution in [3.63, 3.8) is 0 Å². The van der Waals surface area contributed by atoms with Gasteiger partial charge in [0.25, 0.3) is 11.8 Å². The van der Waals surface area contributed by atoms with E-state index in [4.69, 9.17) is 10.3 Å². The van der Waals surface area contributed by atoms with Gasteiger partial charge in [0.1, 0.15) is 28.1 Å². The molecule has 27 heavy (non-hydrogen) atoms. The zero-order valence-corrected chi connectivity index (χ0v) is 14.6. The zero-order chi connectivity index (χ0) is 19.1. The van der Waals surface area contributed by atoms with Crippen LogP contribution in [0.2, 0.25) is 0 Å². The van der Waals surface area contributed by atoms with Gasteiger partial charge in [-0.05, 0) is 31.0 Å². The molecule has 1 aliphatic carbocycles. The average molecular weight is 383 g/mol. The summed E-state index contributed by atoms with van der Waals surface area (Å²) in [4.78, 5) is 24.2. The maximum Gasteiger partial charge on any atom is 0.326 e. The molecule has 1 aromatic carbocycles. The normalized spacial score (nSPS) is 13.3. The lowest BCUT2D eigenvalue weighted by Crippen LogP contribution is -2.21. The van der Waals surface area contributed by atoms with Crippen LogP contribution >= 0.6 is 11.3 Å². The molecule has 1 fully saturated rings. The predicted octanol–water partition coefficient (Wildman–Crippen LogP) is 3.09. The summed E-state index contributed by atoms with van der Waals surface area (Å²) in [6, 6.07) is 5.74. The number of rotatable bonds is 4. The van der Waals surface area contributed by atoms with Crippen LogP contribution in [-0.4, -0.2) is 22.2 Å². The van der Waals surface area contributed by atoms with Crippen LogP contribution in [0.15, 0.2) is 22.7 Å². The van der Waals surface area contributed by atoms with E-state index < -0.39 is 11.9 Å². The van der Waals surface area contributed by atoms with Gasteiger partial charge in [0.2, 0.25) is 0 Å². The molecule has 2 heterocycles. The lowest BCUT2D eigenvalue weighted by molar-refractivity contribution is 0.100. The van der Waals surface area contributed by atoms with Crippen molar-refractivity contribution in [2.24, 2.45) is 5.73 Å². The number of phenolic OH excluding ortho intramolecular Hbond substituents is 1. The van der Waals surface area contributed by atoms with Crippen LogP contribution in [-0.2, 0) is 0 Å². The molecule has 2 aromatic heterocycles. The number of primary amides is 1. The topological polar surface area (TPSA) is 154 Å². The number of hydrogen-bond acceptors (Lipinski definition) is 7. The summed E-state index contributed by atoms with van der Waals surface area (Å²) in [5.74, 6) is -0.533. The number of thiophene rings is 1.